The third kappa shape index (κ3) is 5.18. The lowest BCUT2D eigenvalue weighted by Gasteiger charge is -2.31. The molecule has 0 bridgehead atoms. The average Bonchev–Trinajstić information content (AvgIpc) is 3.55. The predicted molar refractivity (Wildman–Crippen MR) is 145 cm³/mol. The van der Waals surface area contributed by atoms with Crippen molar-refractivity contribution in [2.45, 2.75) is 30.7 Å². The minimum absolute atomic E-state index is 0.00246. The van der Waals surface area contributed by atoms with Crippen LogP contribution in [0, 0.1) is 5.82 Å². The van der Waals surface area contributed by atoms with E-state index in [4.69, 9.17) is 33.7 Å². The van der Waals surface area contributed by atoms with Gasteiger partial charge in [0.2, 0.25) is 11.5 Å². The number of carbonyl (C=O) groups is 2. The number of aliphatic hydroxyl groups is 1. The van der Waals surface area contributed by atoms with Gasteiger partial charge in [-0.2, -0.15) is 27.1 Å². The van der Waals surface area contributed by atoms with Gasteiger partial charge in [-0.15, -0.1) is 0 Å². The number of halogens is 8. The second-order valence-corrected chi connectivity index (χ2v) is 11.0. The molecule has 5 rings (SSSR count). The topological polar surface area (TPSA) is 132 Å². The average molecular weight is 662 g/mol. The van der Waals surface area contributed by atoms with E-state index in [1.54, 1.807) is 0 Å². The molecular weight excluding hydrogens is 643 g/mol. The van der Waals surface area contributed by atoms with E-state index in [0.29, 0.717) is 0 Å². The first-order chi connectivity index (χ1) is 20.5. The molecule has 0 unspecified atom stereocenters. The zero-order valence-corrected chi connectivity index (χ0v) is 23.7. The highest BCUT2D eigenvalue weighted by Crippen LogP contribution is 2.48. The van der Waals surface area contributed by atoms with Crippen LogP contribution in [0.1, 0.15) is 35.1 Å². The lowest BCUT2D eigenvalue weighted by atomic mass is 9.81. The standard InChI is InChI=1S/C27H19Cl2F6N5O4/c1-25(23(36)42)10-44-21-14(25)7-18(38-20(21)11-2-3-17(30)15(28)5-11)26(43,27(33,34)35)9-37-22(41)12-4-13-8-40(24(31)32)39-19(13)16(29)6-12/h2-8,24,43H,9-10H2,1H3,(H2,36,42)(H,37,41)/t25-,26-/m0/s1. The van der Waals surface area contributed by atoms with Crippen LogP contribution in [0.15, 0.2) is 42.6 Å². The molecule has 0 aliphatic carbocycles. The number of benzene rings is 2. The van der Waals surface area contributed by atoms with E-state index >= 15 is 0 Å². The van der Waals surface area contributed by atoms with Gasteiger partial charge in [-0.3, -0.25) is 9.59 Å². The van der Waals surface area contributed by atoms with Gasteiger partial charge >= 0.3 is 12.7 Å². The summed E-state index contributed by atoms with van der Waals surface area (Å²) in [5.41, 5.74) is -1.90. The number of hydrogen-bond donors (Lipinski definition) is 3. The number of alkyl halides is 5. The Morgan fingerprint density at radius 3 is 2.50 bits per heavy atom. The van der Waals surface area contributed by atoms with Crippen molar-refractivity contribution in [3.8, 4) is 17.0 Å². The predicted octanol–water partition coefficient (Wildman–Crippen LogP) is 5.25. The minimum atomic E-state index is -5.47. The smallest absolute Gasteiger partial charge is 0.424 e. The SMILES string of the molecule is C[C@]1(C(N)=O)COc2c1cc([C@@](O)(CNC(=O)c1cc(Cl)c3nn(C(F)F)cc3c1)C(F)(F)F)nc2-c1ccc(F)c(Cl)c1. The molecule has 0 spiro atoms. The van der Waals surface area contributed by atoms with Crippen molar-refractivity contribution in [3.05, 3.63) is 75.3 Å². The Labute approximate surface area is 253 Å². The molecule has 2 amide bonds. The van der Waals surface area contributed by atoms with Crippen LogP contribution < -0.4 is 15.8 Å². The lowest BCUT2D eigenvalue weighted by Crippen LogP contribution is -2.51. The number of primary amides is 1. The summed E-state index contributed by atoms with van der Waals surface area (Å²) >= 11 is 11.9. The Morgan fingerprint density at radius 1 is 1.18 bits per heavy atom. The minimum Gasteiger partial charge on any atom is -0.489 e. The molecule has 4 N–H and O–H groups in total. The number of fused-ring (bicyclic) bond motifs is 2. The number of nitrogens with one attached hydrogen (secondary N) is 1. The quantitative estimate of drug-likeness (QED) is 0.232. The number of carbonyl (C=O) groups excluding carboxylic acids is 2. The number of nitrogens with zero attached hydrogens (tertiary/aromatic N) is 3. The molecule has 0 radical (unpaired) electrons. The highest BCUT2D eigenvalue weighted by molar-refractivity contribution is 6.35. The summed E-state index contributed by atoms with van der Waals surface area (Å²) in [5, 5.41) is 16.1. The van der Waals surface area contributed by atoms with E-state index in [1.165, 1.54) is 6.92 Å². The van der Waals surface area contributed by atoms with E-state index in [-0.39, 0.29) is 55.3 Å². The summed E-state index contributed by atoms with van der Waals surface area (Å²) in [5.74, 6) is -3.08. The van der Waals surface area contributed by atoms with Crippen LogP contribution in [0.2, 0.25) is 10.0 Å². The van der Waals surface area contributed by atoms with Gasteiger partial charge in [-0.1, -0.05) is 23.2 Å². The zero-order valence-electron chi connectivity index (χ0n) is 22.1. The molecule has 232 valence electrons. The number of rotatable bonds is 7. The van der Waals surface area contributed by atoms with Crippen LogP contribution in [-0.2, 0) is 15.8 Å². The fraction of sp³-hybridized carbons (Fsp3) is 0.259. The number of pyridine rings is 1. The molecule has 0 saturated heterocycles. The van der Waals surface area contributed by atoms with Crippen molar-refractivity contribution >= 4 is 45.9 Å². The largest absolute Gasteiger partial charge is 0.489 e. The van der Waals surface area contributed by atoms with E-state index in [9.17, 15) is 41.0 Å². The lowest BCUT2D eigenvalue weighted by molar-refractivity contribution is -0.265. The van der Waals surface area contributed by atoms with Crippen LogP contribution >= 0.6 is 23.2 Å². The van der Waals surface area contributed by atoms with Crippen molar-refractivity contribution in [1.29, 1.82) is 0 Å². The van der Waals surface area contributed by atoms with Crippen LogP contribution in [0.3, 0.4) is 0 Å². The first-order valence-corrected chi connectivity index (χ1v) is 13.2. The molecule has 44 heavy (non-hydrogen) atoms. The highest BCUT2D eigenvalue weighted by atomic mass is 35.5. The maximum absolute atomic E-state index is 14.6. The number of nitrogens with two attached hydrogens (primary N) is 1. The summed E-state index contributed by atoms with van der Waals surface area (Å²) in [4.78, 5) is 29.3. The summed E-state index contributed by atoms with van der Waals surface area (Å²) < 4.78 is 89.7. The summed E-state index contributed by atoms with van der Waals surface area (Å²) in [6, 6.07) is 6.04. The monoisotopic (exact) mass is 661 g/mol. The summed E-state index contributed by atoms with van der Waals surface area (Å²) in [6.45, 7) is -3.58. The van der Waals surface area contributed by atoms with E-state index in [0.717, 1.165) is 42.6 Å². The van der Waals surface area contributed by atoms with Crippen molar-refractivity contribution in [2.75, 3.05) is 13.2 Å². The molecule has 0 fully saturated rings. The van der Waals surface area contributed by atoms with E-state index < -0.39 is 58.6 Å². The fourth-order valence-electron chi connectivity index (χ4n) is 4.63. The van der Waals surface area contributed by atoms with Gasteiger partial charge in [0.15, 0.2) is 0 Å². The van der Waals surface area contributed by atoms with Crippen LogP contribution in [0.4, 0.5) is 26.3 Å². The van der Waals surface area contributed by atoms with Gasteiger partial charge in [0.1, 0.15) is 34.8 Å². The fourth-order valence-corrected chi connectivity index (χ4v) is 5.07. The molecule has 2 aromatic heterocycles. The molecule has 1 aliphatic rings. The maximum Gasteiger partial charge on any atom is 0.424 e. The highest BCUT2D eigenvalue weighted by Gasteiger charge is 2.57. The van der Waals surface area contributed by atoms with Gasteiger partial charge in [0, 0.05) is 28.3 Å². The Balaban J connectivity index is 1.58. The molecule has 2 aromatic carbocycles. The van der Waals surface area contributed by atoms with Crippen molar-refractivity contribution in [3.63, 3.8) is 0 Å². The second kappa shape index (κ2) is 10.8. The summed E-state index contributed by atoms with van der Waals surface area (Å²) in [6.07, 6.45) is -4.58. The number of aromatic nitrogens is 3. The number of hydrogen-bond acceptors (Lipinski definition) is 6. The first kappa shape index (κ1) is 31.3. The number of ether oxygens (including phenoxy) is 1. The Morgan fingerprint density at radius 2 is 1.89 bits per heavy atom. The zero-order chi connectivity index (χ0) is 32.4. The molecule has 17 heteroatoms. The third-order valence-electron chi connectivity index (χ3n) is 7.25. The molecule has 4 aromatic rings. The second-order valence-electron chi connectivity index (χ2n) is 10.2. The van der Waals surface area contributed by atoms with Crippen molar-refractivity contribution < 1.29 is 45.8 Å². The van der Waals surface area contributed by atoms with Crippen LogP contribution in [0.25, 0.3) is 22.2 Å². The maximum atomic E-state index is 14.6. The third-order valence-corrected chi connectivity index (χ3v) is 7.83. The Kier molecular flexibility index (Phi) is 7.71. The van der Waals surface area contributed by atoms with Gasteiger partial charge in [-0.25, -0.2) is 14.1 Å². The van der Waals surface area contributed by atoms with Gasteiger partial charge in [0.25, 0.3) is 5.91 Å². The normalized spacial score (nSPS) is 17.8. The Hall–Kier alpha value is -4.08. The van der Waals surface area contributed by atoms with Gasteiger partial charge < -0.3 is 20.9 Å². The molecule has 9 nitrogen and oxygen atoms in total. The van der Waals surface area contributed by atoms with Crippen LogP contribution in [0.5, 0.6) is 5.75 Å². The first-order valence-electron chi connectivity index (χ1n) is 12.4. The number of amides is 2. The molecular formula is C27H19Cl2F6N5O4. The summed E-state index contributed by atoms with van der Waals surface area (Å²) in [7, 11) is 0. The van der Waals surface area contributed by atoms with Crippen molar-refractivity contribution in [1.82, 2.24) is 20.1 Å². The van der Waals surface area contributed by atoms with Gasteiger partial charge in [-0.05, 0) is 43.3 Å². The van der Waals surface area contributed by atoms with E-state index in [1.807, 2.05) is 5.32 Å². The van der Waals surface area contributed by atoms with Crippen molar-refractivity contribution in [2.24, 2.45) is 5.73 Å². The molecule has 0 saturated carbocycles. The Bertz CT molecular complexity index is 1830. The van der Waals surface area contributed by atoms with Crippen LogP contribution in [-0.4, -0.2) is 51.0 Å². The molecule has 3 heterocycles. The molecule has 2 atom stereocenters. The molecule has 1 aliphatic heterocycles. The van der Waals surface area contributed by atoms with E-state index in [2.05, 4.69) is 10.1 Å². The van der Waals surface area contributed by atoms with Gasteiger partial charge in [0.05, 0.1) is 22.3 Å².